The molecule has 1 unspecified atom stereocenters. The van der Waals surface area contributed by atoms with Gasteiger partial charge in [-0.1, -0.05) is 36.4 Å². The van der Waals surface area contributed by atoms with Crippen molar-refractivity contribution in [3.8, 4) is 11.5 Å². The summed E-state index contributed by atoms with van der Waals surface area (Å²) in [6.07, 6.45) is 0.454. The molecule has 0 aromatic heterocycles. The first kappa shape index (κ1) is 15.6. The molecule has 1 atom stereocenters. The van der Waals surface area contributed by atoms with Crippen molar-refractivity contribution >= 4 is 11.6 Å². The summed E-state index contributed by atoms with van der Waals surface area (Å²) in [6, 6.07) is 14.0. The Bertz CT molecular complexity index is 590. The fourth-order valence-electron chi connectivity index (χ4n) is 2.12. The van der Waals surface area contributed by atoms with Crippen molar-refractivity contribution in [1.29, 1.82) is 0 Å². The molecule has 0 saturated carbocycles. The van der Waals surface area contributed by atoms with Gasteiger partial charge in [0.2, 0.25) is 0 Å². The quantitative estimate of drug-likeness (QED) is 0.712. The molecule has 0 N–H and O–H groups in total. The first-order valence-corrected chi connectivity index (χ1v) is 6.85. The van der Waals surface area contributed by atoms with Crippen LogP contribution in [0.15, 0.2) is 48.5 Å². The van der Waals surface area contributed by atoms with E-state index in [1.54, 1.807) is 25.3 Å². The second-order valence-electron chi connectivity index (χ2n) is 4.40. The van der Waals surface area contributed by atoms with Gasteiger partial charge in [0, 0.05) is 5.56 Å². The van der Waals surface area contributed by atoms with Crippen LogP contribution in [-0.4, -0.2) is 13.7 Å². The van der Waals surface area contributed by atoms with E-state index < -0.39 is 12.0 Å². The monoisotopic (exact) mass is 312 g/mol. The maximum Gasteiger partial charge on any atom is 0.387 e. The molecule has 2 aromatic rings. The third-order valence-electron chi connectivity index (χ3n) is 3.06. The molecule has 5 heteroatoms. The molecule has 2 nitrogen and oxygen atoms in total. The predicted octanol–water partition coefficient (Wildman–Crippen LogP) is 4.82. The molecule has 2 rings (SSSR count). The first-order chi connectivity index (χ1) is 10.1. The Hall–Kier alpha value is -1.81. The van der Waals surface area contributed by atoms with Crippen molar-refractivity contribution in [2.24, 2.45) is 0 Å². The Morgan fingerprint density at radius 3 is 2.29 bits per heavy atom. The Labute approximate surface area is 127 Å². The number of benzene rings is 2. The van der Waals surface area contributed by atoms with Crippen LogP contribution in [0.2, 0.25) is 0 Å². The molecule has 0 aliphatic heterocycles. The fraction of sp³-hybridized carbons (Fsp3) is 0.250. The molecule has 0 saturated heterocycles. The third-order valence-corrected chi connectivity index (χ3v) is 3.45. The molecule has 0 fully saturated rings. The fourth-order valence-corrected chi connectivity index (χ4v) is 2.46. The smallest absolute Gasteiger partial charge is 0.387 e. The van der Waals surface area contributed by atoms with E-state index in [4.69, 9.17) is 16.3 Å². The van der Waals surface area contributed by atoms with Crippen molar-refractivity contribution in [3.05, 3.63) is 59.7 Å². The van der Waals surface area contributed by atoms with Gasteiger partial charge in [-0.25, -0.2) is 0 Å². The lowest BCUT2D eigenvalue weighted by Crippen LogP contribution is -2.06. The maximum atomic E-state index is 12.4. The standard InChI is InChI=1S/C16H15ClF2O2/c1-20-14-8-4-2-6-11(14)10-13(17)12-7-3-5-9-15(12)21-16(18)19/h2-9,13,16H,10H2,1H3. The second kappa shape index (κ2) is 7.27. The SMILES string of the molecule is COc1ccccc1CC(Cl)c1ccccc1OC(F)F. The Morgan fingerprint density at radius 1 is 1.00 bits per heavy atom. The number of halogens is 3. The predicted molar refractivity (Wildman–Crippen MR) is 78.4 cm³/mol. The third kappa shape index (κ3) is 4.08. The Morgan fingerprint density at radius 2 is 1.62 bits per heavy atom. The lowest BCUT2D eigenvalue weighted by molar-refractivity contribution is -0.0504. The maximum absolute atomic E-state index is 12.4. The minimum absolute atomic E-state index is 0.0994. The zero-order valence-corrected chi connectivity index (χ0v) is 12.2. The van der Waals surface area contributed by atoms with Gasteiger partial charge in [-0.15, -0.1) is 11.6 Å². The molecule has 0 aliphatic carbocycles. The zero-order valence-electron chi connectivity index (χ0n) is 11.4. The number of para-hydroxylation sites is 2. The molecule has 21 heavy (non-hydrogen) atoms. The van der Waals surface area contributed by atoms with E-state index in [1.807, 2.05) is 24.3 Å². The van der Waals surface area contributed by atoms with Crippen molar-refractivity contribution < 1.29 is 18.3 Å². The molecule has 0 bridgehead atoms. The van der Waals surface area contributed by atoms with E-state index in [9.17, 15) is 8.78 Å². The number of methoxy groups -OCH3 is 1. The topological polar surface area (TPSA) is 18.5 Å². The number of ether oxygens (including phenoxy) is 2. The van der Waals surface area contributed by atoms with E-state index in [0.717, 1.165) is 11.3 Å². The van der Waals surface area contributed by atoms with Crippen molar-refractivity contribution in [1.82, 2.24) is 0 Å². The normalized spacial score (nSPS) is 12.2. The van der Waals surface area contributed by atoms with Gasteiger partial charge in [0.25, 0.3) is 0 Å². The highest BCUT2D eigenvalue weighted by Crippen LogP contribution is 2.34. The van der Waals surface area contributed by atoms with Gasteiger partial charge in [0.05, 0.1) is 12.5 Å². The van der Waals surface area contributed by atoms with Crippen LogP contribution >= 0.6 is 11.6 Å². The van der Waals surface area contributed by atoms with Crippen LogP contribution in [-0.2, 0) is 6.42 Å². The molecular weight excluding hydrogens is 298 g/mol. The Balaban J connectivity index is 2.22. The zero-order chi connectivity index (χ0) is 15.2. The van der Waals surface area contributed by atoms with Crippen LogP contribution in [0.3, 0.4) is 0 Å². The van der Waals surface area contributed by atoms with Crippen molar-refractivity contribution in [2.45, 2.75) is 18.4 Å². The molecule has 0 aliphatic rings. The van der Waals surface area contributed by atoms with Crippen LogP contribution < -0.4 is 9.47 Å². The molecule has 0 heterocycles. The summed E-state index contributed by atoms with van der Waals surface area (Å²) < 4.78 is 34.6. The summed E-state index contributed by atoms with van der Waals surface area (Å²) in [7, 11) is 1.58. The molecule has 112 valence electrons. The van der Waals surface area contributed by atoms with E-state index in [1.165, 1.54) is 6.07 Å². The number of hydrogen-bond donors (Lipinski definition) is 0. The van der Waals surface area contributed by atoms with Crippen LogP contribution in [0.25, 0.3) is 0 Å². The highest BCUT2D eigenvalue weighted by molar-refractivity contribution is 6.21. The van der Waals surface area contributed by atoms with Crippen LogP contribution in [0.1, 0.15) is 16.5 Å². The minimum Gasteiger partial charge on any atom is -0.496 e. The van der Waals surface area contributed by atoms with E-state index in [-0.39, 0.29) is 5.75 Å². The average molecular weight is 313 g/mol. The highest BCUT2D eigenvalue weighted by atomic mass is 35.5. The highest BCUT2D eigenvalue weighted by Gasteiger charge is 2.18. The van der Waals surface area contributed by atoms with Crippen LogP contribution in [0.5, 0.6) is 11.5 Å². The van der Waals surface area contributed by atoms with E-state index >= 15 is 0 Å². The number of rotatable bonds is 6. The second-order valence-corrected chi connectivity index (χ2v) is 4.93. The van der Waals surface area contributed by atoms with Gasteiger partial charge in [-0.05, 0) is 24.1 Å². The van der Waals surface area contributed by atoms with Crippen molar-refractivity contribution in [3.63, 3.8) is 0 Å². The summed E-state index contributed by atoms with van der Waals surface area (Å²) in [5.74, 6) is 0.817. The number of hydrogen-bond acceptors (Lipinski definition) is 2. The molecule has 0 amide bonds. The molecule has 0 spiro atoms. The van der Waals surface area contributed by atoms with Gasteiger partial charge in [-0.3, -0.25) is 0 Å². The van der Waals surface area contributed by atoms with E-state index in [0.29, 0.717) is 12.0 Å². The lowest BCUT2D eigenvalue weighted by atomic mass is 10.0. The summed E-state index contributed by atoms with van der Waals surface area (Å²) >= 11 is 6.38. The Kier molecular flexibility index (Phi) is 5.39. The van der Waals surface area contributed by atoms with Gasteiger partial charge < -0.3 is 9.47 Å². The van der Waals surface area contributed by atoms with Crippen LogP contribution in [0, 0.1) is 0 Å². The lowest BCUT2D eigenvalue weighted by Gasteiger charge is -2.16. The van der Waals surface area contributed by atoms with Crippen molar-refractivity contribution in [2.75, 3.05) is 7.11 Å². The average Bonchev–Trinajstić information content (AvgIpc) is 2.47. The summed E-state index contributed by atoms with van der Waals surface area (Å²) in [5.41, 5.74) is 1.44. The van der Waals surface area contributed by atoms with Gasteiger partial charge in [-0.2, -0.15) is 8.78 Å². The number of alkyl halides is 3. The summed E-state index contributed by atoms with van der Waals surface area (Å²) in [4.78, 5) is 0. The summed E-state index contributed by atoms with van der Waals surface area (Å²) in [6.45, 7) is -2.87. The minimum atomic E-state index is -2.87. The first-order valence-electron chi connectivity index (χ1n) is 6.41. The van der Waals surface area contributed by atoms with E-state index in [2.05, 4.69) is 4.74 Å². The van der Waals surface area contributed by atoms with Gasteiger partial charge >= 0.3 is 6.61 Å². The van der Waals surface area contributed by atoms with Crippen LogP contribution in [0.4, 0.5) is 8.78 Å². The molecule has 2 aromatic carbocycles. The largest absolute Gasteiger partial charge is 0.496 e. The van der Waals surface area contributed by atoms with Gasteiger partial charge in [0.1, 0.15) is 11.5 Å². The summed E-state index contributed by atoms with van der Waals surface area (Å²) in [5, 5.41) is -0.490. The van der Waals surface area contributed by atoms with Gasteiger partial charge in [0.15, 0.2) is 0 Å². The molecular formula is C16H15ClF2O2. The molecule has 0 radical (unpaired) electrons.